The van der Waals surface area contributed by atoms with Crippen molar-refractivity contribution in [2.75, 3.05) is 5.32 Å². The molecule has 6 N–H and O–H groups in total. The molecule has 0 radical (unpaired) electrons. The van der Waals surface area contributed by atoms with E-state index in [0.29, 0.717) is 6.42 Å². The van der Waals surface area contributed by atoms with E-state index in [0.717, 1.165) is 11.6 Å². The van der Waals surface area contributed by atoms with Gasteiger partial charge in [0.05, 0.1) is 0 Å². The molecule has 9 nitrogen and oxygen atoms in total. The number of carbonyl (C=O) groups is 2. The van der Waals surface area contributed by atoms with Crippen LogP contribution in [0.4, 0.5) is 5.69 Å². The molecule has 2 aromatic carbocycles. The van der Waals surface area contributed by atoms with Crippen LogP contribution in [0.5, 0.6) is 5.75 Å². The van der Waals surface area contributed by atoms with Crippen LogP contribution in [0.25, 0.3) is 0 Å². The fourth-order valence-electron chi connectivity index (χ4n) is 2.13. The van der Waals surface area contributed by atoms with Crippen molar-refractivity contribution in [3.63, 3.8) is 0 Å². The molecule has 0 aromatic heterocycles. The SMILES string of the molecule is CC(=O)Nc1cccc([As](=O)(O)O)c1O.O=C(O)C(O)CCc1ccccc1. The normalized spacial score (nSPS) is 11.7. The number of aryl methyl sites for hydroxylation is 1. The molecule has 0 heterocycles. The van der Waals surface area contributed by atoms with Gasteiger partial charge in [0, 0.05) is 0 Å². The molecule has 0 spiro atoms. The number of anilines is 1. The summed E-state index contributed by atoms with van der Waals surface area (Å²) in [6.45, 7) is 1.23. The molecular formula is C18H22AsNO8. The minimum atomic E-state index is -5.15. The average Bonchev–Trinajstić information content (AvgIpc) is 2.61. The van der Waals surface area contributed by atoms with E-state index in [9.17, 15) is 18.4 Å². The molecule has 0 fully saturated rings. The zero-order valence-electron chi connectivity index (χ0n) is 15.0. The summed E-state index contributed by atoms with van der Waals surface area (Å²) in [5, 5.41) is 29.1. The summed E-state index contributed by atoms with van der Waals surface area (Å²) < 4.78 is 28.4. The molecule has 1 amide bonds. The number of aliphatic carboxylic acids is 1. The monoisotopic (exact) mass is 455 g/mol. The molecule has 0 aliphatic heterocycles. The van der Waals surface area contributed by atoms with Crippen molar-refractivity contribution in [1.82, 2.24) is 0 Å². The van der Waals surface area contributed by atoms with Gasteiger partial charge in [-0.1, -0.05) is 30.3 Å². The maximum absolute atomic E-state index is 11.0. The van der Waals surface area contributed by atoms with Crippen LogP contribution in [0.1, 0.15) is 18.9 Å². The summed E-state index contributed by atoms with van der Waals surface area (Å²) >= 11 is -5.15. The number of benzene rings is 2. The van der Waals surface area contributed by atoms with Gasteiger partial charge in [-0.05, 0) is 18.4 Å². The van der Waals surface area contributed by atoms with E-state index >= 15 is 0 Å². The van der Waals surface area contributed by atoms with Gasteiger partial charge in [-0.3, -0.25) is 0 Å². The molecular weight excluding hydrogens is 433 g/mol. The first-order valence-electron chi connectivity index (χ1n) is 8.13. The van der Waals surface area contributed by atoms with Crippen LogP contribution >= 0.6 is 0 Å². The topological polar surface area (TPSA) is 164 Å². The van der Waals surface area contributed by atoms with Crippen molar-refractivity contribution in [1.29, 1.82) is 0 Å². The van der Waals surface area contributed by atoms with Crippen molar-refractivity contribution >= 4 is 36.1 Å². The van der Waals surface area contributed by atoms with Gasteiger partial charge in [0.1, 0.15) is 0 Å². The molecule has 1 unspecified atom stereocenters. The summed E-state index contributed by atoms with van der Waals surface area (Å²) in [5.41, 5.74) is 1.03. The number of hydrogen-bond acceptors (Lipinski definition) is 5. The Morgan fingerprint density at radius 1 is 1.07 bits per heavy atom. The summed E-state index contributed by atoms with van der Waals surface area (Å²) in [7, 11) is 0. The Kier molecular flexibility index (Phi) is 8.94. The molecule has 0 saturated carbocycles. The van der Waals surface area contributed by atoms with E-state index < -0.39 is 42.3 Å². The van der Waals surface area contributed by atoms with Crippen molar-refractivity contribution in [3.8, 4) is 5.75 Å². The van der Waals surface area contributed by atoms with Crippen molar-refractivity contribution in [2.24, 2.45) is 0 Å². The largest absolute Gasteiger partial charge is 0.479 e. The molecule has 10 heteroatoms. The number of phenolic OH excluding ortho intramolecular Hbond substituents is 1. The van der Waals surface area contributed by atoms with E-state index in [1.54, 1.807) is 0 Å². The van der Waals surface area contributed by atoms with Gasteiger partial charge in [0.2, 0.25) is 0 Å². The molecule has 152 valence electrons. The second kappa shape index (κ2) is 10.7. The Morgan fingerprint density at radius 3 is 2.18 bits per heavy atom. The quantitative estimate of drug-likeness (QED) is 0.261. The molecule has 0 aliphatic carbocycles. The number of aliphatic hydroxyl groups is 1. The van der Waals surface area contributed by atoms with E-state index in [1.807, 2.05) is 30.3 Å². The van der Waals surface area contributed by atoms with Crippen molar-refractivity contribution < 1.29 is 36.8 Å². The minimum absolute atomic E-state index is 0.00951. The first kappa shape index (κ1) is 23.5. The molecule has 1 atom stereocenters. The predicted octanol–water partition coefficient (Wildman–Crippen LogP) is -0.0237. The summed E-state index contributed by atoms with van der Waals surface area (Å²) in [5.74, 6) is -2.17. The van der Waals surface area contributed by atoms with Crippen LogP contribution < -0.4 is 9.67 Å². The third-order valence-corrected chi connectivity index (χ3v) is 5.55. The molecule has 0 saturated heterocycles. The number of carbonyl (C=O) groups excluding carboxylic acids is 1. The summed E-state index contributed by atoms with van der Waals surface area (Å²) in [4.78, 5) is 21.0. The number of carboxylic acid groups (broad SMARTS) is 1. The van der Waals surface area contributed by atoms with E-state index in [1.165, 1.54) is 19.1 Å². The van der Waals surface area contributed by atoms with Gasteiger partial charge < -0.3 is 10.2 Å². The van der Waals surface area contributed by atoms with Gasteiger partial charge in [0.25, 0.3) is 0 Å². The first-order chi connectivity index (χ1) is 13.0. The van der Waals surface area contributed by atoms with Crippen LogP contribution in [0.15, 0.2) is 48.5 Å². The maximum Gasteiger partial charge on any atom is 0.332 e. The Morgan fingerprint density at radius 2 is 1.68 bits per heavy atom. The maximum atomic E-state index is 11.0. The molecule has 0 bridgehead atoms. The van der Waals surface area contributed by atoms with E-state index in [-0.39, 0.29) is 12.1 Å². The number of hydrogen-bond donors (Lipinski definition) is 6. The minimum Gasteiger partial charge on any atom is -0.479 e. The fourth-order valence-corrected chi connectivity index (χ4v) is 3.55. The molecule has 2 rings (SSSR count). The van der Waals surface area contributed by atoms with Crippen LogP contribution in [-0.4, -0.2) is 55.7 Å². The molecule has 0 aliphatic rings. The Labute approximate surface area is 164 Å². The van der Waals surface area contributed by atoms with Crippen molar-refractivity contribution in [2.45, 2.75) is 25.9 Å². The second-order valence-electron chi connectivity index (χ2n) is 5.78. The van der Waals surface area contributed by atoms with Crippen LogP contribution in [0.3, 0.4) is 0 Å². The number of rotatable bonds is 6. The summed E-state index contributed by atoms with van der Waals surface area (Å²) in [6.07, 6.45) is -0.395. The molecule has 28 heavy (non-hydrogen) atoms. The number of carboxylic acids is 1. The zero-order chi connectivity index (χ0) is 21.3. The Hall–Kier alpha value is -2.58. The Balaban J connectivity index is 0.000000283. The number of amides is 1. The standard InChI is InChI=1S/C10H12O3.C8H10AsNO5/c11-9(10(12)13)7-6-8-4-2-1-3-5-8;1-5(11)10-7-4-2-3-6(8(7)12)9(13,14)15/h1-5,9,11H,6-7H2,(H,12,13);2-4,12H,1H3,(H,10,11)(H2,13,14,15). The fraction of sp³-hybridized carbons (Fsp3) is 0.222. The summed E-state index contributed by atoms with van der Waals surface area (Å²) in [6, 6.07) is 13.3. The van der Waals surface area contributed by atoms with Gasteiger partial charge in [-0.25, -0.2) is 4.79 Å². The number of para-hydroxylation sites is 1. The van der Waals surface area contributed by atoms with Crippen LogP contribution in [-0.2, 0) is 19.7 Å². The smallest absolute Gasteiger partial charge is 0.332 e. The van der Waals surface area contributed by atoms with Gasteiger partial charge in [-0.15, -0.1) is 0 Å². The second-order valence-corrected chi connectivity index (χ2v) is 9.07. The molecule has 2 aromatic rings. The van der Waals surface area contributed by atoms with Gasteiger partial charge in [0.15, 0.2) is 6.10 Å². The van der Waals surface area contributed by atoms with E-state index in [4.69, 9.17) is 18.4 Å². The average molecular weight is 455 g/mol. The third-order valence-electron chi connectivity index (χ3n) is 3.47. The third kappa shape index (κ3) is 7.97. The van der Waals surface area contributed by atoms with E-state index in [2.05, 4.69) is 5.32 Å². The van der Waals surface area contributed by atoms with Crippen molar-refractivity contribution in [3.05, 3.63) is 54.1 Å². The number of phenols is 1. The van der Waals surface area contributed by atoms with Crippen LogP contribution in [0.2, 0.25) is 0 Å². The Bertz CT molecular complexity index is 850. The predicted molar refractivity (Wildman–Crippen MR) is 101 cm³/mol. The number of nitrogens with one attached hydrogen (secondary N) is 1. The number of aromatic hydroxyl groups is 1. The zero-order valence-corrected chi connectivity index (χ0v) is 16.9. The number of aliphatic hydroxyl groups excluding tert-OH is 1. The van der Waals surface area contributed by atoms with Gasteiger partial charge >= 0.3 is 94.1 Å². The first-order valence-corrected chi connectivity index (χ1v) is 11.5. The van der Waals surface area contributed by atoms with Gasteiger partial charge in [-0.2, -0.15) is 0 Å². The van der Waals surface area contributed by atoms with Crippen LogP contribution in [0, 0.1) is 0 Å².